The lowest BCUT2D eigenvalue weighted by atomic mass is 10.0. The van der Waals surface area contributed by atoms with Crippen LogP contribution in [0.5, 0.6) is 0 Å². The minimum Gasteiger partial charge on any atom is -0.369 e. The number of nitrogens with zero attached hydrogens (tertiary/aromatic N) is 1. The molecule has 1 aromatic rings. The number of hydrogen-bond acceptors (Lipinski definition) is 3. The maximum absolute atomic E-state index is 11.8. The van der Waals surface area contributed by atoms with Gasteiger partial charge >= 0.3 is 6.03 Å². The summed E-state index contributed by atoms with van der Waals surface area (Å²) in [7, 11) is 0. The van der Waals surface area contributed by atoms with Crippen molar-refractivity contribution < 1.29 is 9.59 Å². The van der Waals surface area contributed by atoms with Crippen molar-refractivity contribution in [3.05, 3.63) is 23.5 Å². The average Bonchev–Trinajstić information content (AvgIpc) is 2.80. The summed E-state index contributed by atoms with van der Waals surface area (Å²) in [6.45, 7) is 0. The summed E-state index contributed by atoms with van der Waals surface area (Å²) >= 11 is 5.84. The molecule has 0 saturated heterocycles. The van der Waals surface area contributed by atoms with Gasteiger partial charge in [0.2, 0.25) is 5.91 Å². The van der Waals surface area contributed by atoms with Crippen LogP contribution in [0.25, 0.3) is 0 Å². The van der Waals surface area contributed by atoms with Gasteiger partial charge in [-0.05, 0) is 25.0 Å². The SMILES string of the molecule is NC(=O)C1CCCC1NC(=O)Nc1cccnc1Cl. The van der Waals surface area contributed by atoms with E-state index in [1.54, 1.807) is 12.1 Å². The van der Waals surface area contributed by atoms with E-state index in [1.807, 2.05) is 0 Å². The fourth-order valence-electron chi connectivity index (χ4n) is 2.28. The van der Waals surface area contributed by atoms with Gasteiger partial charge in [-0.1, -0.05) is 18.0 Å². The normalized spacial score (nSPS) is 21.9. The first kappa shape index (κ1) is 13.6. The van der Waals surface area contributed by atoms with Crippen molar-refractivity contribution in [1.29, 1.82) is 0 Å². The lowest BCUT2D eigenvalue weighted by Gasteiger charge is -2.18. The summed E-state index contributed by atoms with van der Waals surface area (Å²) in [5.74, 6) is -0.669. The Kier molecular flexibility index (Phi) is 4.21. The summed E-state index contributed by atoms with van der Waals surface area (Å²) in [6, 6.07) is 2.69. The number of carbonyl (C=O) groups excluding carboxylic acids is 2. The van der Waals surface area contributed by atoms with E-state index in [2.05, 4.69) is 15.6 Å². The van der Waals surface area contributed by atoms with Crippen LogP contribution in [0.1, 0.15) is 19.3 Å². The van der Waals surface area contributed by atoms with E-state index in [1.165, 1.54) is 6.20 Å². The van der Waals surface area contributed by atoms with Gasteiger partial charge in [-0.2, -0.15) is 0 Å². The molecule has 7 heteroatoms. The standard InChI is InChI=1S/C12H15ClN4O2/c13-10-9(5-2-6-15-10)17-12(19)16-8-4-1-3-7(8)11(14)18/h2,5-8H,1,3-4H2,(H2,14,18)(H2,16,17,19). The largest absolute Gasteiger partial charge is 0.369 e. The Morgan fingerprint density at radius 1 is 1.42 bits per heavy atom. The van der Waals surface area contributed by atoms with Crippen molar-refractivity contribution in [1.82, 2.24) is 10.3 Å². The van der Waals surface area contributed by atoms with Crippen LogP contribution in [0.2, 0.25) is 5.15 Å². The predicted octanol–water partition coefficient (Wildman–Crippen LogP) is 1.51. The molecule has 19 heavy (non-hydrogen) atoms. The second kappa shape index (κ2) is 5.88. The number of anilines is 1. The molecule has 0 spiro atoms. The Bertz CT molecular complexity index is 494. The van der Waals surface area contributed by atoms with Gasteiger partial charge in [0, 0.05) is 12.2 Å². The summed E-state index contributed by atoms with van der Waals surface area (Å²) in [6.07, 6.45) is 3.88. The van der Waals surface area contributed by atoms with Crippen LogP contribution < -0.4 is 16.4 Å². The Labute approximate surface area is 115 Å². The van der Waals surface area contributed by atoms with E-state index in [0.29, 0.717) is 12.1 Å². The monoisotopic (exact) mass is 282 g/mol. The molecule has 1 aromatic heterocycles. The van der Waals surface area contributed by atoms with E-state index >= 15 is 0 Å². The summed E-state index contributed by atoms with van der Waals surface area (Å²) < 4.78 is 0. The van der Waals surface area contributed by atoms with Gasteiger partial charge in [-0.15, -0.1) is 0 Å². The molecule has 0 bridgehead atoms. The first-order valence-electron chi connectivity index (χ1n) is 6.05. The number of halogens is 1. The van der Waals surface area contributed by atoms with Gasteiger partial charge in [-0.3, -0.25) is 4.79 Å². The average molecular weight is 283 g/mol. The van der Waals surface area contributed by atoms with Crippen molar-refractivity contribution in [2.75, 3.05) is 5.32 Å². The van der Waals surface area contributed by atoms with Crippen LogP contribution in [0.3, 0.4) is 0 Å². The van der Waals surface area contributed by atoms with Gasteiger partial charge in [0.15, 0.2) is 5.15 Å². The predicted molar refractivity (Wildman–Crippen MR) is 71.7 cm³/mol. The molecule has 0 aliphatic heterocycles. The molecule has 2 atom stereocenters. The number of primary amides is 1. The van der Waals surface area contributed by atoms with E-state index in [-0.39, 0.29) is 23.0 Å². The molecular formula is C12H15ClN4O2. The van der Waals surface area contributed by atoms with Crippen LogP contribution >= 0.6 is 11.6 Å². The lowest BCUT2D eigenvalue weighted by molar-refractivity contribution is -0.122. The Balaban J connectivity index is 1.95. The molecule has 1 heterocycles. The number of aromatic nitrogens is 1. The molecule has 3 amide bonds. The Morgan fingerprint density at radius 3 is 2.89 bits per heavy atom. The van der Waals surface area contributed by atoms with Gasteiger partial charge in [0.05, 0.1) is 11.6 Å². The molecular weight excluding hydrogens is 268 g/mol. The van der Waals surface area contributed by atoms with E-state index in [0.717, 1.165) is 12.8 Å². The fraction of sp³-hybridized carbons (Fsp3) is 0.417. The third-order valence-corrected chi connectivity index (χ3v) is 3.51. The molecule has 6 nitrogen and oxygen atoms in total. The number of pyridine rings is 1. The molecule has 1 fully saturated rings. The molecule has 2 rings (SSSR count). The molecule has 0 aromatic carbocycles. The number of amides is 3. The van der Waals surface area contributed by atoms with E-state index in [9.17, 15) is 9.59 Å². The highest BCUT2D eigenvalue weighted by Crippen LogP contribution is 2.25. The summed E-state index contributed by atoms with van der Waals surface area (Å²) in [4.78, 5) is 26.9. The van der Waals surface area contributed by atoms with Gasteiger partial charge in [0.25, 0.3) is 0 Å². The van der Waals surface area contributed by atoms with Crippen molar-refractivity contribution in [3.8, 4) is 0 Å². The zero-order valence-electron chi connectivity index (χ0n) is 10.2. The molecule has 1 aliphatic carbocycles. The highest BCUT2D eigenvalue weighted by atomic mass is 35.5. The lowest BCUT2D eigenvalue weighted by Crippen LogP contribution is -2.44. The zero-order valence-corrected chi connectivity index (χ0v) is 11.0. The van der Waals surface area contributed by atoms with Gasteiger partial charge < -0.3 is 16.4 Å². The highest BCUT2D eigenvalue weighted by Gasteiger charge is 2.32. The molecule has 102 valence electrons. The number of carbonyl (C=O) groups is 2. The minimum atomic E-state index is -0.409. The number of hydrogen-bond donors (Lipinski definition) is 3. The summed E-state index contributed by atoms with van der Waals surface area (Å²) in [5, 5.41) is 5.57. The van der Waals surface area contributed by atoms with Crippen LogP contribution in [0.15, 0.2) is 18.3 Å². The first-order chi connectivity index (χ1) is 9.08. The zero-order chi connectivity index (χ0) is 13.8. The first-order valence-corrected chi connectivity index (χ1v) is 6.43. The van der Waals surface area contributed by atoms with Crippen molar-refractivity contribution in [2.24, 2.45) is 11.7 Å². The number of urea groups is 1. The minimum absolute atomic E-state index is 0.215. The molecule has 1 aliphatic rings. The van der Waals surface area contributed by atoms with Crippen LogP contribution in [-0.4, -0.2) is 23.0 Å². The Morgan fingerprint density at radius 2 is 2.21 bits per heavy atom. The van der Waals surface area contributed by atoms with Crippen LogP contribution in [0, 0.1) is 5.92 Å². The van der Waals surface area contributed by atoms with E-state index in [4.69, 9.17) is 17.3 Å². The van der Waals surface area contributed by atoms with Gasteiger partial charge in [0.1, 0.15) is 0 Å². The maximum Gasteiger partial charge on any atom is 0.319 e. The molecule has 2 unspecified atom stereocenters. The van der Waals surface area contributed by atoms with Gasteiger partial charge in [-0.25, -0.2) is 9.78 Å². The summed E-state index contributed by atoms with van der Waals surface area (Å²) in [5.41, 5.74) is 5.72. The second-order valence-corrected chi connectivity index (χ2v) is 4.84. The van der Waals surface area contributed by atoms with Crippen molar-refractivity contribution in [2.45, 2.75) is 25.3 Å². The third kappa shape index (κ3) is 3.35. The van der Waals surface area contributed by atoms with Crippen LogP contribution in [-0.2, 0) is 4.79 Å². The Hall–Kier alpha value is -1.82. The smallest absolute Gasteiger partial charge is 0.319 e. The topological polar surface area (TPSA) is 97.1 Å². The quantitative estimate of drug-likeness (QED) is 0.733. The molecule has 0 radical (unpaired) electrons. The number of nitrogens with one attached hydrogen (secondary N) is 2. The molecule has 1 saturated carbocycles. The maximum atomic E-state index is 11.8. The number of nitrogens with two attached hydrogens (primary N) is 1. The van der Waals surface area contributed by atoms with Crippen molar-refractivity contribution in [3.63, 3.8) is 0 Å². The second-order valence-electron chi connectivity index (χ2n) is 4.49. The molecule has 4 N–H and O–H groups in total. The highest BCUT2D eigenvalue weighted by molar-refractivity contribution is 6.32. The van der Waals surface area contributed by atoms with E-state index < -0.39 is 6.03 Å². The fourth-order valence-corrected chi connectivity index (χ4v) is 2.45. The van der Waals surface area contributed by atoms with Crippen molar-refractivity contribution >= 4 is 29.2 Å². The number of rotatable bonds is 3. The third-order valence-electron chi connectivity index (χ3n) is 3.21. The van der Waals surface area contributed by atoms with Crippen LogP contribution in [0.4, 0.5) is 10.5 Å².